The topological polar surface area (TPSA) is 15.3 Å². The van der Waals surface area contributed by atoms with E-state index in [1.807, 2.05) is 18.2 Å². The number of nitrogens with one attached hydrogen (secondary N) is 1. The van der Waals surface area contributed by atoms with Crippen molar-refractivity contribution in [2.75, 3.05) is 19.6 Å². The lowest BCUT2D eigenvalue weighted by Gasteiger charge is -2.27. The molecule has 2 rings (SSSR count). The maximum absolute atomic E-state index is 6.32. The molecule has 1 N–H and O–H groups in total. The highest BCUT2D eigenvalue weighted by molar-refractivity contribution is 6.35. The molecule has 1 aromatic carbocycles. The summed E-state index contributed by atoms with van der Waals surface area (Å²) < 4.78 is 0. The van der Waals surface area contributed by atoms with Crippen LogP contribution in [0.25, 0.3) is 0 Å². The summed E-state index contributed by atoms with van der Waals surface area (Å²) in [6.07, 6.45) is 3.70. The van der Waals surface area contributed by atoms with Crippen LogP contribution in [0.3, 0.4) is 0 Å². The summed E-state index contributed by atoms with van der Waals surface area (Å²) in [5.41, 5.74) is 1.15. The van der Waals surface area contributed by atoms with E-state index in [0.717, 1.165) is 23.6 Å². The summed E-state index contributed by atoms with van der Waals surface area (Å²) in [5.74, 6) is 0. The monoisotopic (exact) mass is 314 g/mol. The Morgan fingerprint density at radius 1 is 1.25 bits per heavy atom. The highest BCUT2D eigenvalue weighted by atomic mass is 35.5. The van der Waals surface area contributed by atoms with Gasteiger partial charge in [-0.2, -0.15) is 0 Å². The average Bonchev–Trinajstić information content (AvgIpc) is 2.89. The number of rotatable bonds is 6. The van der Waals surface area contributed by atoms with Crippen LogP contribution in [-0.2, 0) is 0 Å². The van der Waals surface area contributed by atoms with Gasteiger partial charge < -0.3 is 10.2 Å². The van der Waals surface area contributed by atoms with Crippen molar-refractivity contribution in [1.82, 2.24) is 10.2 Å². The highest BCUT2D eigenvalue weighted by Crippen LogP contribution is 2.28. The zero-order valence-electron chi connectivity index (χ0n) is 12.3. The van der Waals surface area contributed by atoms with Crippen LogP contribution in [0, 0.1) is 0 Å². The quantitative estimate of drug-likeness (QED) is 0.830. The van der Waals surface area contributed by atoms with E-state index in [2.05, 4.69) is 24.1 Å². The first-order valence-corrected chi connectivity index (χ1v) is 8.29. The zero-order valence-corrected chi connectivity index (χ0v) is 13.8. The van der Waals surface area contributed by atoms with Gasteiger partial charge in [0.25, 0.3) is 0 Å². The Morgan fingerprint density at radius 2 is 1.95 bits per heavy atom. The number of benzene rings is 1. The van der Waals surface area contributed by atoms with Crippen molar-refractivity contribution in [2.45, 2.75) is 45.2 Å². The van der Waals surface area contributed by atoms with Crippen molar-refractivity contribution >= 4 is 23.2 Å². The molecule has 1 aliphatic rings. The largest absolute Gasteiger partial charge is 0.306 e. The van der Waals surface area contributed by atoms with Crippen LogP contribution in [0.4, 0.5) is 0 Å². The third-order valence-electron chi connectivity index (χ3n) is 3.96. The summed E-state index contributed by atoms with van der Waals surface area (Å²) in [6, 6.07) is 6.53. The van der Waals surface area contributed by atoms with E-state index in [1.54, 1.807) is 0 Å². The number of halogens is 2. The Hall–Kier alpha value is -0.280. The first-order valence-electron chi connectivity index (χ1n) is 7.53. The van der Waals surface area contributed by atoms with E-state index < -0.39 is 0 Å². The Balaban J connectivity index is 1.96. The van der Waals surface area contributed by atoms with Crippen LogP contribution in [0.5, 0.6) is 0 Å². The van der Waals surface area contributed by atoms with Gasteiger partial charge in [-0.05, 0) is 57.0 Å². The Morgan fingerprint density at radius 3 is 2.55 bits per heavy atom. The first kappa shape index (κ1) is 16.1. The fourth-order valence-corrected chi connectivity index (χ4v) is 3.50. The summed E-state index contributed by atoms with van der Waals surface area (Å²) in [4.78, 5) is 2.54. The van der Waals surface area contributed by atoms with E-state index in [-0.39, 0.29) is 6.04 Å². The first-order chi connectivity index (χ1) is 9.60. The van der Waals surface area contributed by atoms with Crippen molar-refractivity contribution in [3.63, 3.8) is 0 Å². The molecule has 2 nitrogen and oxygen atoms in total. The molecular formula is C16H24Cl2N2. The minimum absolute atomic E-state index is 0.289. The fourth-order valence-electron chi connectivity index (χ4n) is 2.96. The number of hydrogen-bond donors (Lipinski definition) is 1. The van der Waals surface area contributed by atoms with Gasteiger partial charge in [-0.25, -0.2) is 0 Å². The Labute approximate surface area is 132 Å². The minimum atomic E-state index is 0.289. The van der Waals surface area contributed by atoms with Crippen LogP contribution in [-0.4, -0.2) is 30.6 Å². The molecule has 20 heavy (non-hydrogen) atoms. The molecule has 0 bridgehead atoms. The van der Waals surface area contributed by atoms with Crippen LogP contribution in [0.1, 0.15) is 44.7 Å². The third kappa shape index (κ3) is 4.36. The summed E-state index contributed by atoms with van der Waals surface area (Å²) in [5, 5.41) is 5.15. The third-order valence-corrected chi connectivity index (χ3v) is 4.53. The predicted octanol–water partition coefficient (Wildman–Crippen LogP) is 4.52. The molecule has 1 aliphatic heterocycles. The number of hydrogen-bond acceptors (Lipinski definition) is 2. The van der Waals surface area contributed by atoms with E-state index in [1.165, 1.54) is 25.9 Å². The van der Waals surface area contributed by atoms with Crippen molar-refractivity contribution in [3.8, 4) is 0 Å². The maximum atomic E-state index is 6.32. The van der Waals surface area contributed by atoms with Gasteiger partial charge in [-0.15, -0.1) is 0 Å². The SMILES string of the molecule is CCC(NC(C)CN1CCCC1)c1ccc(Cl)cc1Cl. The van der Waals surface area contributed by atoms with Gasteiger partial charge in [0.2, 0.25) is 0 Å². The highest BCUT2D eigenvalue weighted by Gasteiger charge is 2.19. The van der Waals surface area contributed by atoms with Crippen molar-refractivity contribution in [1.29, 1.82) is 0 Å². The van der Waals surface area contributed by atoms with Gasteiger partial charge >= 0.3 is 0 Å². The number of nitrogens with zero attached hydrogens (tertiary/aromatic N) is 1. The summed E-state index contributed by atoms with van der Waals surface area (Å²) in [7, 11) is 0. The van der Waals surface area contributed by atoms with Gasteiger partial charge in [0.05, 0.1) is 0 Å². The van der Waals surface area contributed by atoms with Gasteiger partial charge in [0.15, 0.2) is 0 Å². The molecule has 0 saturated carbocycles. The smallest absolute Gasteiger partial charge is 0.0468 e. The van der Waals surface area contributed by atoms with Gasteiger partial charge in [0.1, 0.15) is 0 Å². The molecule has 2 atom stereocenters. The van der Waals surface area contributed by atoms with Crippen molar-refractivity contribution < 1.29 is 0 Å². The molecule has 1 fully saturated rings. The standard InChI is InChI=1S/C16H24Cl2N2/c1-3-16(14-7-6-13(17)10-15(14)18)19-12(2)11-20-8-4-5-9-20/h6-7,10,12,16,19H,3-5,8-9,11H2,1-2H3. The van der Waals surface area contributed by atoms with Crippen LogP contribution in [0.2, 0.25) is 10.0 Å². The lowest BCUT2D eigenvalue weighted by molar-refractivity contribution is 0.284. The second-order valence-corrected chi connectivity index (χ2v) is 6.55. The molecule has 2 unspecified atom stereocenters. The van der Waals surface area contributed by atoms with Gasteiger partial charge in [-0.1, -0.05) is 36.2 Å². The lowest BCUT2D eigenvalue weighted by atomic mass is 10.0. The Bertz CT molecular complexity index is 430. The van der Waals surface area contributed by atoms with Crippen LogP contribution < -0.4 is 5.32 Å². The Kier molecular flexibility index (Phi) is 6.16. The summed E-state index contributed by atoms with van der Waals surface area (Å²) >= 11 is 12.3. The van der Waals surface area contributed by atoms with E-state index in [9.17, 15) is 0 Å². The van der Waals surface area contributed by atoms with E-state index in [0.29, 0.717) is 11.1 Å². The average molecular weight is 315 g/mol. The van der Waals surface area contributed by atoms with E-state index in [4.69, 9.17) is 23.2 Å². The zero-order chi connectivity index (χ0) is 14.5. The molecule has 4 heteroatoms. The molecule has 0 amide bonds. The molecule has 0 aliphatic carbocycles. The molecular weight excluding hydrogens is 291 g/mol. The molecule has 1 heterocycles. The molecule has 112 valence electrons. The van der Waals surface area contributed by atoms with Crippen LogP contribution >= 0.6 is 23.2 Å². The fraction of sp³-hybridized carbons (Fsp3) is 0.625. The second-order valence-electron chi connectivity index (χ2n) is 5.70. The maximum Gasteiger partial charge on any atom is 0.0468 e. The molecule has 0 radical (unpaired) electrons. The molecule has 0 aromatic heterocycles. The lowest BCUT2D eigenvalue weighted by Crippen LogP contribution is -2.39. The van der Waals surface area contributed by atoms with Crippen molar-refractivity contribution in [3.05, 3.63) is 33.8 Å². The number of likely N-dealkylation sites (tertiary alicyclic amines) is 1. The molecule has 0 spiro atoms. The minimum Gasteiger partial charge on any atom is -0.306 e. The predicted molar refractivity (Wildman–Crippen MR) is 87.8 cm³/mol. The normalized spacial score (nSPS) is 19.2. The second kappa shape index (κ2) is 7.65. The molecule has 1 saturated heterocycles. The molecule has 1 aromatic rings. The van der Waals surface area contributed by atoms with Crippen molar-refractivity contribution in [2.24, 2.45) is 0 Å². The van der Waals surface area contributed by atoms with Gasteiger partial charge in [0, 0.05) is 28.7 Å². The van der Waals surface area contributed by atoms with Crippen LogP contribution in [0.15, 0.2) is 18.2 Å². The van der Waals surface area contributed by atoms with Gasteiger partial charge in [-0.3, -0.25) is 0 Å². The van der Waals surface area contributed by atoms with E-state index >= 15 is 0 Å². The summed E-state index contributed by atoms with van der Waals surface area (Å²) in [6.45, 7) is 8.03.